The number of hydrogen-bond acceptors (Lipinski definition) is 5. The van der Waals surface area contributed by atoms with Gasteiger partial charge in [0.15, 0.2) is 11.6 Å². The third-order valence-corrected chi connectivity index (χ3v) is 9.13. The maximum Gasteiger partial charge on any atom is 0.190 e. The van der Waals surface area contributed by atoms with Crippen molar-refractivity contribution in [2.45, 2.75) is 64.6 Å². The number of aliphatic hydroxyl groups is 3. The van der Waals surface area contributed by atoms with Gasteiger partial charge in [0, 0.05) is 11.8 Å². The van der Waals surface area contributed by atoms with Gasteiger partial charge in [0.2, 0.25) is 0 Å². The zero-order valence-corrected chi connectivity index (χ0v) is 16.5. The fourth-order valence-corrected chi connectivity index (χ4v) is 7.81. The number of carbonyl (C=O) groups is 2. The van der Waals surface area contributed by atoms with E-state index in [-0.39, 0.29) is 40.8 Å². The minimum Gasteiger partial charge on any atom is -0.393 e. The molecule has 5 heteroatoms. The van der Waals surface area contributed by atoms with Gasteiger partial charge in [-0.3, -0.25) is 9.59 Å². The van der Waals surface area contributed by atoms with Crippen LogP contribution in [0.15, 0.2) is 12.2 Å². The van der Waals surface area contributed by atoms with E-state index < -0.39 is 29.5 Å². The van der Waals surface area contributed by atoms with Crippen LogP contribution in [0, 0.1) is 40.4 Å². The van der Waals surface area contributed by atoms with E-state index in [9.17, 15) is 24.9 Å². The molecular formula is C22H32O5. The predicted molar refractivity (Wildman–Crippen MR) is 99.6 cm³/mol. The lowest BCUT2D eigenvalue weighted by molar-refractivity contribution is -0.192. The number of hydrogen-bond donors (Lipinski definition) is 3. The smallest absolute Gasteiger partial charge is 0.190 e. The Kier molecular flexibility index (Phi) is 4.27. The maximum atomic E-state index is 12.6. The molecule has 27 heavy (non-hydrogen) atoms. The Balaban J connectivity index is 1.76. The molecule has 4 rings (SSSR count). The van der Waals surface area contributed by atoms with Crippen molar-refractivity contribution in [1.29, 1.82) is 0 Å². The number of Topliss-reactive ketones (excluding diaryl/α,β-unsaturated/α-hetero) is 1. The molecule has 6 unspecified atom stereocenters. The molecule has 150 valence electrons. The Hall–Kier alpha value is -1.04. The lowest BCUT2D eigenvalue weighted by Crippen LogP contribution is -2.63. The summed E-state index contributed by atoms with van der Waals surface area (Å²) in [6, 6.07) is 0. The summed E-state index contributed by atoms with van der Waals surface area (Å²) >= 11 is 0. The number of allylic oxidation sites excluding steroid dienone is 2. The molecule has 9 atom stereocenters. The lowest BCUT2D eigenvalue weighted by Gasteiger charge is -2.61. The van der Waals surface area contributed by atoms with Crippen molar-refractivity contribution in [3.8, 4) is 0 Å². The van der Waals surface area contributed by atoms with Crippen LogP contribution in [0.3, 0.4) is 0 Å². The molecule has 0 bridgehead atoms. The van der Waals surface area contributed by atoms with Gasteiger partial charge in [0.25, 0.3) is 0 Å². The highest BCUT2D eigenvalue weighted by Crippen LogP contribution is 2.68. The van der Waals surface area contributed by atoms with Crippen molar-refractivity contribution in [1.82, 2.24) is 0 Å². The van der Waals surface area contributed by atoms with Crippen LogP contribution in [-0.2, 0) is 9.59 Å². The van der Waals surface area contributed by atoms with Crippen LogP contribution in [0.4, 0.5) is 0 Å². The second-order valence-electron chi connectivity index (χ2n) is 10.1. The summed E-state index contributed by atoms with van der Waals surface area (Å²) in [6.45, 7) is 5.33. The van der Waals surface area contributed by atoms with Crippen molar-refractivity contribution in [2.24, 2.45) is 40.4 Å². The molecule has 0 saturated heterocycles. The van der Waals surface area contributed by atoms with E-state index in [1.807, 2.05) is 19.9 Å². The molecule has 4 aliphatic rings. The molecule has 4 aliphatic carbocycles. The molecule has 0 aromatic carbocycles. The summed E-state index contributed by atoms with van der Waals surface area (Å²) in [5.41, 5.74) is -2.54. The molecule has 5 nitrogen and oxygen atoms in total. The van der Waals surface area contributed by atoms with Gasteiger partial charge in [0.1, 0.15) is 12.2 Å². The van der Waals surface area contributed by atoms with Gasteiger partial charge in [-0.05, 0) is 66.8 Å². The summed E-state index contributed by atoms with van der Waals surface area (Å²) in [5, 5.41) is 32.2. The van der Waals surface area contributed by atoms with Gasteiger partial charge in [-0.25, -0.2) is 0 Å². The van der Waals surface area contributed by atoms with Crippen molar-refractivity contribution < 1.29 is 24.9 Å². The Morgan fingerprint density at radius 1 is 1.30 bits per heavy atom. The average molecular weight is 376 g/mol. The van der Waals surface area contributed by atoms with Crippen LogP contribution >= 0.6 is 0 Å². The quantitative estimate of drug-likeness (QED) is 0.684. The molecule has 0 aromatic heterocycles. The van der Waals surface area contributed by atoms with Gasteiger partial charge in [-0.2, -0.15) is 0 Å². The highest BCUT2D eigenvalue weighted by molar-refractivity contribution is 5.91. The summed E-state index contributed by atoms with van der Waals surface area (Å²) in [7, 11) is 0. The monoisotopic (exact) mass is 376 g/mol. The summed E-state index contributed by atoms with van der Waals surface area (Å²) in [4.78, 5) is 24.5. The minimum absolute atomic E-state index is 0.0393. The summed E-state index contributed by atoms with van der Waals surface area (Å²) in [5.74, 6) is 0.0415. The highest BCUT2D eigenvalue weighted by atomic mass is 16.3. The fourth-order valence-electron chi connectivity index (χ4n) is 7.81. The molecule has 0 amide bonds. The SMILES string of the molecule is C[C@@H]1C[C@H]2C3CCC4CC(=O)C=CC4(C)C3C(O)CC2(C)[C@@]1(O)C(=O)CO. The van der Waals surface area contributed by atoms with Crippen molar-refractivity contribution in [3.05, 3.63) is 12.2 Å². The third kappa shape index (κ3) is 2.28. The van der Waals surface area contributed by atoms with Crippen LogP contribution in [0.2, 0.25) is 0 Å². The summed E-state index contributed by atoms with van der Waals surface area (Å²) in [6.07, 6.45) is 6.57. The predicted octanol–water partition coefficient (Wildman–Crippen LogP) is 1.88. The first-order valence-electron chi connectivity index (χ1n) is 10.4. The fraction of sp³-hybridized carbons (Fsp3) is 0.818. The number of aliphatic hydroxyl groups excluding tert-OH is 2. The zero-order chi connectivity index (χ0) is 19.8. The first kappa shape index (κ1) is 19.3. The zero-order valence-electron chi connectivity index (χ0n) is 16.5. The van der Waals surface area contributed by atoms with E-state index in [1.165, 1.54) is 0 Å². The van der Waals surface area contributed by atoms with E-state index in [0.717, 1.165) is 19.3 Å². The molecule has 3 saturated carbocycles. The Labute approximate surface area is 160 Å². The number of rotatable bonds is 2. The van der Waals surface area contributed by atoms with E-state index >= 15 is 0 Å². The maximum absolute atomic E-state index is 12.6. The standard InChI is InChI=1S/C22H32O5/c1-12-8-16-15-5-4-13-9-14(24)6-7-20(13,2)19(15)17(25)10-21(16,3)22(12,27)18(26)11-23/h6-7,12-13,15-17,19,23,25,27H,4-5,8-11H2,1-3H3/t12-,13?,15?,16+,17?,19?,20?,21?,22+/m1/s1. The van der Waals surface area contributed by atoms with Crippen LogP contribution in [-0.4, -0.2) is 45.2 Å². The number of ketones is 2. The van der Waals surface area contributed by atoms with Gasteiger partial charge in [0.05, 0.1) is 6.10 Å². The van der Waals surface area contributed by atoms with Crippen LogP contribution in [0.5, 0.6) is 0 Å². The molecular weight excluding hydrogens is 344 g/mol. The normalized spacial score (nSPS) is 54.2. The first-order chi connectivity index (χ1) is 12.6. The van der Waals surface area contributed by atoms with Crippen LogP contribution < -0.4 is 0 Å². The second kappa shape index (κ2) is 5.98. The van der Waals surface area contributed by atoms with Crippen LogP contribution in [0.25, 0.3) is 0 Å². The number of fused-ring (bicyclic) bond motifs is 5. The number of carbonyl (C=O) groups excluding carboxylic acids is 2. The molecule has 0 aromatic rings. The van der Waals surface area contributed by atoms with Gasteiger partial charge in [-0.15, -0.1) is 0 Å². The first-order valence-corrected chi connectivity index (χ1v) is 10.4. The van der Waals surface area contributed by atoms with E-state index in [4.69, 9.17) is 0 Å². The van der Waals surface area contributed by atoms with Gasteiger partial charge >= 0.3 is 0 Å². The highest BCUT2D eigenvalue weighted by Gasteiger charge is 2.70. The molecule has 0 heterocycles. The minimum atomic E-state index is -1.59. The molecule has 0 radical (unpaired) electrons. The summed E-state index contributed by atoms with van der Waals surface area (Å²) < 4.78 is 0. The lowest BCUT2D eigenvalue weighted by atomic mass is 9.44. The second-order valence-corrected chi connectivity index (χ2v) is 10.1. The van der Waals surface area contributed by atoms with Crippen molar-refractivity contribution in [3.63, 3.8) is 0 Å². The molecule has 0 spiro atoms. The molecule has 0 aliphatic heterocycles. The third-order valence-electron chi connectivity index (χ3n) is 9.13. The van der Waals surface area contributed by atoms with Gasteiger partial charge < -0.3 is 15.3 Å². The Bertz CT molecular complexity index is 701. The van der Waals surface area contributed by atoms with Crippen molar-refractivity contribution in [2.75, 3.05) is 6.61 Å². The molecule has 3 N–H and O–H groups in total. The van der Waals surface area contributed by atoms with E-state index in [1.54, 1.807) is 6.08 Å². The van der Waals surface area contributed by atoms with Gasteiger partial charge in [-0.1, -0.05) is 26.8 Å². The molecule has 3 fully saturated rings. The Morgan fingerprint density at radius 2 is 2.00 bits per heavy atom. The van der Waals surface area contributed by atoms with Crippen molar-refractivity contribution >= 4 is 11.6 Å². The van der Waals surface area contributed by atoms with Crippen LogP contribution in [0.1, 0.15) is 52.9 Å². The largest absolute Gasteiger partial charge is 0.393 e. The van der Waals surface area contributed by atoms with E-state index in [0.29, 0.717) is 12.8 Å². The Morgan fingerprint density at radius 3 is 2.67 bits per heavy atom. The topological polar surface area (TPSA) is 94.8 Å². The average Bonchev–Trinajstić information content (AvgIpc) is 2.82. The van der Waals surface area contributed by atoms with E-state index in [2.05, 4.69) is 6.92 Å².